The third-order valence-electron chi connectivity index (χ3n) is 7.25. The summed E-state index contributed by atoms with van der Waals surface area (Å²) in [4.78, 5) is 61.1. The quantitative estimate of drug-likeness (QED) is 0.0760. The standard InChI is InChI=1S/C34H48N8O4/c1-21(2)29(43)39-26(16-11-17-37-33(35)36)30(44)41-28(19-23-20-38-25-15-10-9-14-24(23)25)31(45)40-27(32(46)42-34(3,4)5)18-22-12-7-6-8-13-22/h6-10,12-15,20-21,26-28,38H,11,16-19H2,1-5H3,(H,39,43)(H,40,45)(H,41,44)(H,42,46)(H4,35,36,37)/t26-,27-,28-/m0/s1. The number of aromatic nitrogens is 1. The van der Waals surface area contributed by atoms with Crippen LogP contribution in [0.25, 0.3) is 10.9 Å². The molecule has 4 amide bonds. The van der Waals surface area contributed by atoms with Crippen LogP contribution in [0.4, 0.5) is 0 Å². The van der Waals surface area contributed by atoms with Gasteiger partial charge in [0.2, 0.25) is 23.6 Å². The third-order valence-corrected chi connectivity index (χ3v) is 7.25. The lowest BCUT2D eigenvalue weighted by atomic mass is 10.0. The molecule has 1 heterocycles. The molecule has 12 nitrogen and oxygen atoms in total. The Hall–Kier alpha value is -4.87. The molecule has 3 rings (SSSR count). The molecule has 0 saturated heterocycles. The van der Waals surface area contributed by atoms with Crippen molar-refractivity contribution in [3.05, 3.63) is 71.9 Å². The van der Waals surface area contributed by atoms with Crippen LogP contribution in [0.3, 0.4) is 0 Å². The number of hydrogen-bond acceptors (Lipinski definition) is 5. The molecule has 248 valence electrons. The fourth-order valence-electron chi connectivity index (χ4n) is 4.90. The van der Waals surface area contributed by atoms with Crippen LogP contribution in [0.5, 0.6) is 0 Å². The van der Waals surface area contributed by atoms with Gasteiger partial charge in [0.15, 0.2) is 5.96 Å². The highest BCUT2D eigenvalue weighted by molar-refractivity contribution is 5.95. The molecule has 0 aliphatic rings. The molecule has 9 N–H and O–H groups in total. The maximum Gasteiger partial charge on any atom is 0.243 e. The van der Waals surface area contributed by atoms with Crippen molar-refractivity contribution >= 4 is 40.5 Å². The predicted molar refractivity (Wildman–Crippen MR) is 181 cm³/mol. The van der Waals surface area contributed by atoms with Gasteiger partial charge in [0.1, 0.15) is 18.1 Å². The Bertz CT molecular complexity index is 1510. The van der Waals surface area contributed by atoms with E-state index in [-0.39, 0.29) is 49.5 Å². The zero-order chi connectivity index (χ0) is 33.9. The average molecular weight is 633 g/mol. The summed E-state index contributed by atoms with van der Waals surface area (Å²) < 4.78 is 0. The number of aliphatic imine (C=N–C) groups is 1. The van der Waals surface area contributed by atoms with Gasteiger partial charge in [0.25, 0.3) is 0 Å². The van der Waals surface area contributed by atoms with Gasteiger partial charge >= 0.3 is 0 Å². The number of H-pyrrole nitrogens is 1. The van der Waals surface area contributed by atoms with E-state index in [4.69, 9.17) is 11.5 Å². The second-order valence-electron chi connectivity index (χ2n) is 12.8. The van der Waals surface area contributed by atoms with Crippen LogP contribution >= 0.6 is 0 Å². The van der Waals surface area contributed by atoms with Crippen LogP contribution in [-0.2, 0) is 32.0 Å². The molecular weight excluding hydrogens is 584 g/mol. The normalized spacial score (nSPS) is 13.3. The molecule has 2 aromatic carbocycles. The number of benzene rings is 2. The minimum Gasteiger partial charge on any atom is -0.370 e. The minimum atomic E-state index is -1.07. The summed E-state index contributed by atoms with van der Waals surface area (Å²) in [5, 5.41) is 12.4. The van der Waals surface area contributed by atoms with E-state index in [1.807, 2.05) is 75.4 Å². The third kappa shape index (κ3) is 11.2. The summed E-state index contributed by atoms with van der Waals surface area (Å²) >= 11 is 0. The van der Waals surface area contributed by atoms with E-state index in [9.17, 15) is 19.2 Å². The highest BCUT2D eigenvalue weighted by Crippen LogP contribution is 2.20. The SMILES string of the molecule is CC(C)C(=O)N[C@@H](CCCN=C(N)N)C(=O)N[C@@H](Cc1c[nH]c2ccccc12)C(=O)N[C@@H](Cc1ccccc1)C(=O)NC(C)(C)C. The molecular formula is C34H48N8O4. The molecule has 0 unspecified atom stereocenters. The van der Waals surface area contributed by atoms with Gasteiger partial charge in [-0.1, -0.05) is 62.4 Å². The Balaban J connectivity index is 1.92. The number of amides is 4. The van der Waals surface area contributed by atoms with Crippen molar-refractivity contribution in [1.82, 2.24) is 26.3 Å². The number of fused-ring (bicyclic) bond motifs is 1. The topological polar surface area (TPSA) is 197 Å². The van der Waals surface area contributed by atoms with Crippen LogP contribution in [0.15, 0.2) is 65.8 Å². The molecule has 0 radical (unpaired) electrons. The second kappa shape index (κ2) is 16.4. The number of carbonyl (C=O) groups excluding carboxylic acids is 4. The van der Waals surface area contributed by atoms with E-state index in [1.54, 1.807) is 20.0 Å². The fraction of sp³-hybridized carbons (Fsp3) is 0.441. The molecule has 0 bridgehead atoms. The summed E-state index contributed by atoms with van der Waals surface area (Å²) in [6.45, 7) is 9.33. The highest BCUT2D eigenvalue weighted by atomic mass is 16.2. The molecule has 0 aliphatic heterocycles. The molecule has 0 fully saturated rings. The predicted octanol–water partition coefficient (Wildman–Crippen LogP) is 2.03. The Morgan fingerprint density at radius 3 is 2.00 bits per heavy atom. The number of nitrogens with zero attached hydrogens (tertiary/aromatic N) is 1. The van der Waals surface area contributed by atoms with Gasteiger partial charge in [-0.15, -0.1) is 0 Å². The second-order valence-corrected chi connectivity index (χ2v) is 12.8. The molecule has 0 aliphatic carbocycles. The lowest BCUT2D eigenvalue weighted by molar-refractivity contribution is -0.134. The molecule has 12 heteroatoms. The molecule has 3 atom stereocenters. The molecule has 46 heavy (non-hydrogen) atoms. The molecule has 0 saturated carbocycles. The van der Waals surface area contributed by atoms with E-state index in [2.05, 4.69) is 31.2 Å². The lowest BCUT2D eigenvalue weighted by Gasteiger charge is -2.28. The van der Waals surface area contributed by atoms with E-state index in [0.29, 0.717) is 6.42 Å². The van der Waals surface area contributed by atoms with Gasteiger partial charge < -0.3 is 37.7 Å². The first kappa shape index (κ1) is 35.6. The van der Waals surface area contributed by atoms with Crippen molar-refractivity contribution in [3.63, 3.8) is 0 Å². The van der Waals surface area contributed by atoms with Crippen LogP contribution in [-0.4, -0.2) is 64.8 Å². The number of guanidine groups is 1. The van der Waals surface area contributed by atoms with Gasteiger partial charge in [-0.3, -0.25) is 24.2 Å². The lowest BCUT2D eigenvalue weighted by Crippen LogP contribution is -2.59. The number of rotatable bonds is 15. The van der Waals surface area contributed by atoms with Crippen LogP contribution < -0.4 is 32.7 Å². The molecule has 1 aromatic heterocycles. The summed E-state index contributed by atoms with van der Waals surface area (Å²) in [6, 6.07) is 14.1. The highest BCUT2D eigenvalue weighted by Gasteiger charge is 2.31. The summed E-state index contributed by atoms with van der Waals surface area (Å²) in [5.41, 5.74) is 12.9. The number of aromatic amines is 1. The average Bonchev–Trinajstić information content (AvgIpc) is 3.40. The minimum absolute atomic E-state index is 0.0664. The number of nitrogens with one attached hydrogen (secondary N) is 5. The number of nitrogens with two attached hydrogens (primary N) is 2. The number of para-hydroxylation sites is 1. The first-order valence-corrected chi connectivity index (χ1v) is 15.6. The monoisotopic (exact) mass is 632 g/mol. The van der Waals surface area contributed by atoms with Gasteiger partial charge in [0, 0.05) is 47.9 Å². The van der Waals surface area contributed by atoms with Crippen molar-refractivity contribution in [1.29, 1.82) is 0 Å². The van der Waals surface area contributed by atoms with Gasteiger partial charge in [-0.25, -0.2) is 0 Å². The van der Waals surface area contributed by atoms with E-state index < -0.39 is 35.5 Å². The zero-order valence-electron chi connectivity index (χ0n) is 27.4. The fourth-order valence-corrected chi connectivity index (χ4v) is 4.90. The summed E-state index contributed by atoms with van der Waals surface area (Å²) in [6.07, 6.45) is 2.85. The van der Waals surface area contributed by atoms with Gasteiger partial charge in [-0.05, 0) is 50.8 Å². The Morgan fingerprint density at radius 2 is 1.37 bits per heavy atom. The van der Waals surface area contributed by atoms with E-state index in [0.717, 1.165) is 22.0 Å². The number of carbonyl (C=O) groups is 4. The smallest absolute Gasteiger partial charge is 0.243 e. The first-order valence-electron chi connectivity index (χ1n) is 15.6. The van der Waals surface area contributed by atoms with Crippen LogP contribution in [0.1, 0.15) is 58.6 Å². The maximum absolute atomic E-state index is 14.1. The van der Waals surface area contributed by atoms with Crippen LogP contribution in [0, 0.1) is 5.92 Å². The largest absolute Gasteiger partial charge is 0.370 e. The summed E-state index contributed by atoms with van der Waals surface area (Å²) in [7, 11) is 0. The Kier molecular flexibility index (Phi) is 12.7. The van der Waals surface area contributed by atoms with Crippen molar-refractivity contribution in [2.75, 3.05) is 6.54 Å². The molecule has 0 spiro atoms. The Labute approximate surface area is 270 Å². The number of hydrogen-bond donors (Lipinski definition) is 7. The maximum atomic E-state index is 14.1. The van der Waals surface area contributed by atoms with Gasteiger partial charge in [0.05, 0.1) is 0 Å². The molecule has 3 aromatic rings. The van der Waals surface area contributed by atoms with Crippen LogP contribution in [0.2, 0.25) is 0 Å². The van der Waals surface area contributed by atoms with Crippen molar-refractivity contribution in [2.45, 2.75) is 84.0 Å². The van der Waals surface area contributed by atoms with E-state index in [1.165, 1.54) is 0 Å². The Morgan fingerprint density at radius 1 is 0.783 bits per heavy atom. The van der Waals surface area contributed by atoms with Crippen molar-refractivity contribution in [2.24, 2.45) is 22.4 Å². The zero-order valence-corrected chi connectivity index (χ0v) is 27.4. The van der Waals surface area contributed by atoms with E-state index >= 15 is 0 Å². The van der Waals surface area contributed by atoms with Gasteiger partial charge in [-0.2, -0.15) is 0 Å². The van der Waals surface area contributed by atoms with Crippen molar-refractivity contribution < 1.29 is 19.2 Å². The van der Waals surface area contributed by atoms with Crippen molar-refractivity contribution in [3.8, 4) is 0 Å². The summed E-state index contributed by atoms with van der Waals surface area (Å²) in [5.74, 6) is -2.14. The first-order chi connectivity index (χ1) is 21.7.